The Bertz CT molecular complexity index is 2030. The van der Waals surface area contributed by atoms with E-state index in [9.17, 15) is 22.8 Å². The molecule has 1 aliphatic rings. The molecule has 0 saturated carbocycles. The van der Waals surface area contributed by atoms with Gasteiger partial charge in [-0.3, -0.25) is 9.69 Å². The van der Waals surface area contributed by atoms with Gasteiger partial charge in [0, 0.05) is 16.1 Å². The molecule has 0 atom stereocenters. The molecule has 250 valence electrons. The second-order valence-corrected chi connectivity index (χ2v) is 11.7. The molecule has 0 aliphatic carbocycles. The predicted octanol–water partition coefficient (Wildman–Crippen LogP) is 8.01. The summed E-state index contributed by atoms with van der Waals surface area (Å²) in [6.45, 7) is 0.498. The Morgan fingerprint density at radius 3 is 2.51 bits per heavy atom. The van der Waals surface area contributed by atoms with Gasteiger partial charge in [-0.1, -0.05) is 59.8 Å². The number of aromatic nitrogens is 3. The number of urea groups is 1. The monoisotopic (exact) mass is 710 g/mol. The van der Waals surface area contributed by atoms with E-state index in [1.807, 2.05) is 30.3 Å². The van der Waals surface area contributed by atoms with Crippen molar-refractivity contribution in [2.45, 2.75) is 19.6 Å². The Morgan fingerprint density at radius 1 is 1.00 bits per heavy atom. The van der Waals surface area contributed by atoms with Crippen molar-refractivity contribution in [1.82, 2.24) is 14.8 Å². The van der Waals surface area contributed by atoms with Gasteiger partial charge in [0.15, 0.2) is 11.0 Å². The van der Waals surface area contributed by atoms with Crippen LogP contribution >= 0.6 is 23.4 Å². The van der Waals surface area contributed by atoms with Crippen LogP contribution in [0, 0.1) is 5.82 Å². The Kier molecular flexibility index (Phi) is 9.94. The van der Waals surface area contributed by atoms with Gasteiger partial charge in [-0.15, -0.1) is 18.3 Å². The Morgan fingerprint density at radius 2 is 1.78 bits per heavy atom. The van der Waals surface area contributed by atoms with Gasteiger partial charge in [0.2, 0.25) is 5.91 Å². The standard InChI is InChI=1S/C33H23ClF4N6O4S/c34-23-8-6-22(17-47-16-20-4-2-1-3-5-20)28(15-23)44-29(45)18-49-32(44)41-31(46)40-27-13-7-21(14-26(27)35)30-39-19-43(42-30)24-9-11-25(12-10-24)48-33(36,37)38/h1-15,19H,16-18H2,(H,40,46). The van der Waals surface area contributed by atoms with Gasteiger partial charge in [0.25, 0.3) is 0 Å². The number of amides is 3. The molecule has 6 rings (SSSR count). The number of alkyl halides is 3. The molecule has 3 amide bonds. The molecule has 5 aromatic rings. The number of carbonyl (C=O) groups is 2. The normalized spacial score (nSPS) is 14.0. The van der Waals surface area contributed by atoms with Crippen LogP contribution in [0.1, 0.15) is 11.1 Å². The number of nitrogens with zero attached hydrogens (tertiary/aromatic N) is 5. The topological polar surface area (TPSA) is 111 Å². The van der Waals surface area contributed by atoms with E-state index in [2.05, 4.69) is 25.1 Å². The third-order valence-corrected chi connectivity index (χ3v) is 8.07. The number of benzene rings is 4. The van der Waals surface area contributed by atoms with Crippen LogP contribution in [-0.2, 0) is 22.7 Å². The van der Waals surface area contributed by atoms with Crippen molar-refractivity contribution in [3.8, 4) is 22.8 Å². The largest absolute Gasteiger partial charge is 0.573 e. The highest BCUT2D eigenvalue weighted by molar-refractivity contribution is 8.15. The van der Waals surface area contributed by atoms with E-state index >= 15 is 4.39 Å². The Balaban J connectivity index is 1.14. The number of hydrogen-bond donors (Lipinski definition) is 1. The molecule has 1 fully saturated rings. The predicted molar refractivity (Wildman–Crippen MR) is 176 cm³/mol. The van der Waals surface area contributed by atoms with Crippen molar-refractivity contribution >= 4 is 51.8 Å². The van der Waals surface area contributed by atoms with E-state index in [4.69, 9.17) is 16.3 Å². The molecule has 0 spiro atoms. The van der Waals surface area contributed by atoms with Crippen LogP contribution in [0.25, 0.3) is 17.1 Å². The van der Waals surface area contributed by atoms with Gasteiger partial charge < -0.3 is 14.8 Å². The molecule has 1 aromatic heterocycles. The lowest BCUT2D eigenvalue weighted by Gasteiger charge is -2.20. The maximum absolute atomic E-state index is 15.1. The number of nitrogens with one attached hydrogen (secondary N) is 1. The highest BCUT2D eigenvalue weighted by atomic mass is 35.5. The lowest BCUT2D eigenvalue weighted by molar-refractivity contribution is -0.274. The number of amidine groups is 1. The average Bonchev–Trinajstić information content (AvgIpc) is 3.70. The van der Waals surface area contributed by atoms with E-state index in [0.29, 0.717) is 28.6 Å². The zero-order valence-electron chi connectivity index (χ0n) is 25.0. The lowest BCUT2D eigenvalue weighted by atomic mass is 10.1. The maximum atomic E-state index is 15.1. The molecule has 0 bridgehead atoms. The molecule has 49 heavy (non-hydrogen) atoms. The van der Waals surface area contributed by atoms with Crippen molar-refractivity contribution < 1.29 is 36.6 Å². The summed E-state index contributed by atoms with van der Waals surface area (Å²) in [5.74, 6) is -1.39. The van der Waals surface area contributed by atoms with E-state index in [1.54, 1.807) is 18.2 Å². The SMILES string of the molecule is O=C(N=C1SCC(=O)N1c1cc(Cl)ccc1COCc1ccccc1)Nc1ccc(-c2ncn(-c3ccc(OC(F)(F)F)cc3)n2)cc1F. The fourth-order valence-corrected chi connectivity index (χ4v) is 5.73. The highest BCUT2D eigenvalue weighted by Crippen LogP contribution is 2.33. The van der Waals surface area contributed by atoms with Crippen molar-refractivity contribution in [3.05, 3.63) is 119 Å². The summed E-state index contributed by atoms with van der Waals surface area (Å²) in [5, 5.41) is 7.09. The summed E-state index contributed by atoms with van der Waals surface area (Å²) in [7, 11) is 0. The molecule has 0 radical (unpaired) electrons. The first-order valence-corrected chi connectivity index (χ1v) is 15.7. The van der Waals surface area contributed by atoms with Crippen LogP contribution in [0.4, 0.5) is 33.7 Å². The molecule has 2 heterocycles. The molecular formula is C33H23ClF4N6O4S. The van der Waals surface area contributed by atoms with Crippen molar-refractivity contribution in [2.75, 3.05) is 16.0 Å². The Hall–Kier alpha value is -5.25. The number of hydrogen-bond acceptors (Lipinski definition) is 7. The van der Waals surface area contributed by atoms with Crippen molar-refractivity contribution in [1.29, 1.82) is 0 Å². The fourth-order valence-electron chi connectivity index (χ4n) is 4.71. The molecule has 10 nitrogen and oxygen atoms in total. The van der Waals surface area contributed by atoms with Crippen molar-refractivity contribution in [2.24, 2.45) is 4.99 Å². The fraction of sp³-hybridized carbons (Fsp3) is 0.121. The maximum Gasteiger partial charge on any atom is 0.573 e. The minimum absolute atomic E-state index is 0.0249. The number of anilines is 2. The zero-order valence-corrected chi connectivity index (χ0v) is 26.6. The van der Waals surface area contributed by atoms with E-state index < -0.39 is 24.0 Å². The molecule has 16 heteroatoms. The molecule has 1 aliphatic heterocycles. The van der Waals surface area contributed by atoms with Crippen LogP contribution in [0.15, 0.2) is 102 Å². The van der Waals surface area contributed by atoms with E-state index in [-0.39, 0.29) is 40.5 Å². The highest BCUT2D eigenvalue weighted by Gasteiger charge is 2.33. The Labute approximate surface area is 285 Å². The first-order chi connectivity index (χ1) is 23.5. The average molecular weight is 711 g/mol. The lowest BCUT2D eigenvalue weighted by Crippen LogP contribution is -2.31. The second-order valence-electron chi connectivity index (χ2n) is 10.3. The molecule has 1 saturated heterocycles. The minimum atomic E-state index is -4.82. The van der Waals surface area contributed by atoms with Gasteiger partial charge in [-0.25, -0.2) is 18.9 Å². The number of thioether (sulfide) groups is 1. The number of rotatable bonds is 9. The summed E-state index contributed by atoms with van der Waals surface area (Å²) in [5.41, 5.74) is 2.51. The van der Waals surface area contributed by atoms with Crippen molar-refractivity contribution in [3.63, 3.8) is 0 Å². The summed E-state index contributed by atoms with van der Waals surface area (Å²) in [4.78, 5) is 35.4. The van der Waals surface area contributed by atoms with Crippen LogP contribution in [0.3, 0.4) is 0 Å². The first kappa shape index (κ1) is 33.6. The van der Waals surface area contributed by atoms with Crippen LogP contribution in [-0.4, -0.2) is 44.0 Å². The number of aliphatic imine (C=N–C) groups is 1. The quantitative estimate of drug-likeness (QED) is 0.154. The van der Waals surface area contributed by atoms with Gasteiger partial charge in [-0.05, 0) is 60.2 Å². The van der Waals surface area contributed by atoms with Crippen LogP contribution < -0.4 is 15.0 Å². The zero-order chi connectivity index (χ0) is 34.5. The number of halogens is 5. The smallest absolute Gasteiger partial charge is 0.406 e. The molecule has 1 N–H and O–H groups in total. The van der Waals surface area contributed by atoms with E-state index in [1.165, 1.54) is 40.2 Å². The van der Waals surface area contributed by atoms with Gasteiger partial charge >= 0.3 is 12.4 Å². The summed E-state index contributed by atoms with van der Waals surface area (Å²) in [6.07, 6.45) is -3.51. The van der Waals surface area contributed by atoms with Gasteiger partial charge in [0.1, 0.15) is 17.9 Å². The summed E-state index contributed by atoms with van der Waals surface area (Å²) < 4.78 is 63.5. The molecule has 4 aromatic carbocycles. The third kappa shape index (κ3) is 8.43. The molecular weight excluding hydrogens is 688 g/mol. The van der Waals surface area contributed by atoms with Crippen LogP contribution in [0.2, 0.25) is 5.02 Å². The minimum Gasteiger partial charge on any atom is -0.406 e. The molecule has 0 unspecified atom stereocenters. The number of ether oxygens (including phenoxy) is 2. The van der Waals surface area contributed by atoms with Crippen LogP contribution in [0.5, 0.6) is 5.75 Å². The first-order valence-electron chi connectivity index (χ1n) is 14.4. The third-order valence-electron chi connectivity index (χ3n) is 6.92. The summed E-state index contributed by atoms with van der Waals surface area (Å²) in [6, 6.07) is 22.5. The number of carbonyl (C=O) groups excluding carboxylic acids is 2. The second kappa shape index (κ2) is 14.5. The van der Waals surface area contributed by atoms with E-state index in [0.717, 1.165) is 35.5 Å². The summed E-state index contributed by atoms with van der Waals surface area (Å²) >= 11 is 7.32. The van der Waals surface area contributed by atoms with Gasteiger partial charge in [-0.2, -0.15) is 4.99 Å². The van der Waals surface area contributed by atoms with Gasteiger partial charge in [0.05, 0.1) is 36.0 Å².